The summed E-state index contributed by atoms with van der Waals surface area (Å²) >= 11 is 0. The zero-order valence-corrected chi connectivity index (χ0v) is 14.0. The van der Waals surface area contributed by atoms with Gasteiger partial charge in [-0.05, 0) is 35.7 Å². The second kappa shape index (κ2) is 5.91. The summed E-state index contributed by atoms with van der Waals surface area (Å²) < 4.78 is 16.1. The third-order valence-corrected chi connectivity index (χ3v) is 4.80. The van der Waals surface area contributed by atoms with Gasteiger partial charge in [-0.15, -0.1) is 0 Å². The number of rotatable bonds is 2. The second-order valence-electron chi connectivity index (χ2n) is 6.39. The van der Waals surface area contributed by atoms with Gasteiger partial charge in [0.1, 0.15) is 0 Å². The zero-order valence-electron chi connectivity index (χ0n) is 14.0. The predicted octanol–water partition coefficient (Wildman–Crippen LogP) is 3.27. The number of carbonyl (C=O) groups excluding carboxylic acids is 1. The summed E-state index contributed by atoms with van der Waals surface area (Å²) in [6, 6.07) is 15.4. The van der Waals surface area contributed by atoms with E-state index >= 15 is 0 Å². The molecule has 0 unspecified atom stereocenters. The molecular weight excluding hydrogens is 332 g/mol. The van der Waals surface area contributed by atoms with Gasteiger partial charge < -0.3 is 18.9 Å². The average Bonchev–Trinajstić information content (AvgIpc) is 3.35. The molecule has 0 radical (unpaired) electrons. The molecule has 2 aliphatic heterocycles. The Morgan fingerprint density at radius 2 is 1.85 bits per heavy atom. The topological polar surface area (TPSA) is 64.8 Å². The van der Waals surface area contributed by atoms with Crippen LogP contribution >= 0.6 is 0 Å². The van der Waals surface area contributed by atoms with E-state index in [1.54, 1.807) is 6.07 Å². The highest BCUT2D eigenvalue weighted by Crippen LogP contribution is 2.36. The molecule has 130 valence electrons. The average molecular weight is 348 g/mol. The SMILES string of the molecule is O=C(c1cc(-c2ccc3c(c2)OCO3)on1)N1CCc2ccccc2C1. The maximum Gasteiger partial charge on any atom is 0.276 e. The van der Waals surface area contributed by atoms with Crippen LogP contribution in [0.2, 0.25) is 0 Å². The number of benzene rings is 2. The zero-order chi connectivity index (χ0) is 17.5. The number of aromatic nitrogens is 1. The fourth-order valence-electron chi connectivity index (χ4n) is 3.39. The molecule has 0 saturated heterocycles. The Morgan fingerprint density at radius 3 is 2.77 bits per heavy atom. The lowest BCUT2D eigenvalue weighted by molar-refractivity contribution is 0.0724. The van der Waals surface area contributed by atoms with Crippen molar-refractivity contribution in [2.24, 2.45) is 0 Å². The third-order valence-electron chi connectivity index (χ3n) is 4.80. The Balaban J connectivity index is 1.38. The first-order valence-corrected chi connectivity index (χ1v) is 8.51. The van der Waals surface area contributed by atoms with Gasteiger partial charge >= 0.3 is 0 Å². The molecule has 26 heavy (non-hydrogen) atoms. The smallest absolute Gasteiger partial charge is 0.276 e. The van der Waals surface area contributed by atoms with Crippen molar-refractivity contribution in [2.75, 3.05) is 13.3 Å². The van der Waals surface area contributed by atoms with Crippen molar-refractivity contribution in [1.82, 2.24) is 10.1 Å². The fraction of sp³-hybridized carbons (Fsp3) is 0.200. The molecule has 0 saturated carbocycles. The maximum absolute atomic E-state index is 12.8. The number of amides is 1. The first-order valence-electron chi connectivity index (χ1n) is 8.51. The van der Waals surface area contributed by atoms with Crippen molar-refractivity contribution in [3.05, 3.63) is 65.4 Å². The van der Waals surface area contributed by atoms with E-state index in [0.717, 1.165) is 12.0 Å². The van der Waals surface area contributed by atoms with Crippen molar-refractivity contribution in [3.63, 3.8) is 0 Å². The Kier molecular flexibility index (Phi) is 3.41. The van der Waals surface area contributed by atoms with Crippen molar-refractivity contribution < 1.29 is 18.8 Å². The number of carbonyl (C=O) groups is 1. The quantitative estimate of drug-likeness (QED) is 0.711. The van der Waals surface area contributed by atoms with Gasteiger partial charge in [0.2, 0.25) is 6.79 Å². The summed E-state index contributed by atoms with van der Waals surface area (Å²) in [5, 5.41) is 3.98. The Morgan fingerprint density at radius 1 is 1.00 bits per heavy atom. The van der Waals surface area contributed by atoms with Gasteiger partial charge in [-0.25, -0.2) is 0 Å². The minimum absolute atomic E-state index is 0.116. The second-order valence-corrected chi connectivity index (χ2v) is 6.39. The van der Waals surface area contributed by atoms with Crippen LogP contribution in [-0.4, -0.2) is 29.3 Å². The molecule has 6 nitrogen and oxygen atoms in total. The number of hydrogen-bond acceptors (Lipinski definition) is 5. The van der Waals surface area contributed by atoms with Crippen LogP contribution in [0.3, 0.4) is 0 Å². The van der Waals surface area contributed by atoms with E-state index < -0.39 is 0 Å². The predicted molar refractivity (Wildman–Crippen MR) is 92.9 cm³/mol. The molecule has 2 aromatic carbocycles. The first kappa shape index (κ1) is 15.0. The molecule has 1 amide bonds. The van der Waals surface area contributed by atoms with Crippen LogP contribution in [0.25, 0.3) is 11.3 Å². The summed E-state index contributed by atoms with van der Waals surface area (Å²) in [6.07, 6.45) is 0.856. The van der Waals surface area contributed by atoms with E-state index in [1.165, 1.54) is 11.1 Å². The van der Waals surface area contributed by atoms with Gasteiger partial charge in [0.15, 0.2) is 23.0 Å². The highest BCUT2D eigenvalue weighted by Gasteiger charge is 2.25. The molecule has 0 atom stereocenters. The summed E-state index contributed by atoms with van der Waals surface area (Å²) in [5.41, 5.74) is 3.60. The van der Waals surface area contributed by atoms with E-state index in [2.05, 4.69) is 17.3 Å². The molecule has 1 aromatic heterocycles. The van der Waals surface area contributed by atoms with Gasteiger partial charge in [-0.1, -0.05) is 29.4 Å². The van der Waals surface area contributed by atoms with E-state index in [4.69, 9.17) is 14.0 Å². The molecule has 0 fully saturated rings. The highest BCUT2D eigenvalue weighted by molar-refractivity contribution is 5.93. The van der Waals surface area contributed by atoms with E-state index in [0.29, 0.717) is 36.0 Å². The molecule has 3 aromatic rings. The molecule has 0 spiro atoms. The van der Waals surface area contributed by atoms with Crippen molar-refractivity contribution in [3.8, 4) is 22.8 Å². The Labute approximate surface area is 149 Å². The standard InChI is InChI=1S/C20H16N2O4/c23-20(22-8-7-13-3-1-2-4-15(13)11-22)16-10-18(26-21-16)14-5-6-17-19(9-14)25-12-24-17/h1-6,9-10H,7-8,11-12H2. The molecule has 5 rings (SSSR count). The Bertz CT molecular complexity index is 995. The highest BCUT2D eigenvalue weighted by atomic mass is 16.7. The third kappa shape index (κ3) is 2.50. The van der Waals surface area contributed by atoms with E-state index in [-0.39, 0.29) is 12.7 Å². The van der Waals surface area contributed by atoms with Gasteiger partial charge in [-0.3, -0.25) is 4.79 Å². The maximum atomic E-state index is 12.8. The number of nitrogens with zero attached hydrogens (tertiary/aromatic N) is 2. The van der Waals surface area contributed by atoms with Crippen molar-refractivity contribution in [2.45, 2.75) is 13.0 Å². The van der Waals surface area contributed by atoms with Gasteiger partial charge in [-0.2, -0.15) is 0 Å². The van der Waals surface area contributed by atoms with Crippen LogP contribution in [0.4, 0.5) is 0 Å². The van der Waals surface area contributed by atoms with Crippen molar-refractivity contribution >= 4 is 5.91 Å². The number of hydrogen-bond donors (Lipinski definition) is 0. The first-order chi connectivity index (χ1) is 12.8. The summed E-state index contributed by atoms with van der Waals surface area (Å²) in [6.45, 7) is 1.50. The summed E-state index contributed by atoms with van der Waals surface area (Å²) in [7, 11) is 0. The lowest BCUT2D eigenvalue weighted by atomic mass is 10.00. The van der Waals surface area contributed by atoms with Crippen LogP contribution in [-0.2, 0) is 13.0 Å². The summed E-state index contributed by atoms with van der Waals surface area (Å²) in [4.78, 5) is 14.6. The molecular formula is C20H16N2O4. The molecule has 0 bridgehead atoms. The van der Waals surface area contributed by atoms with Crippen LogP contribution in [0.15, 0.2) is 53.1 Å². The van der Waals surface area contributed by atoms with Crippen LogP contribution < -0.4 is 9.47 Å². The van der Waals surface area contributed by atoms with Crippen molar-refractivity contribution in [1.29, 1.82) is 0 Å². The van der Waals surface area contributed by atoms with Gasteiger partial charge in [0, 0.05) is 24.7 Å². The number of ether oxygens (including phenoxy) is 2. The van der Waals surface area contributed by atoms with E-state index in [1.807, 2.05) is 35.2 Å². The monoisotopic (exact) mass is 348 g/mol. The largest absolute Gasteiger partial charge is 0.454 e. The minimum atomic E-state index is -0.116. The molecule has 0 N–H and O–H groups in total. The molecule has 0 aliphatic carbocycles. The van der Waals surface area contributed by atoms with Crippen LogP contribution in [0.5, 0.6) is 11.5 Å². The van der Waals surface area contributed by atoms with Gasteiger partial charge in [0.25, 0.3) is 5.91 Å². The normalized spacial score (nSPS) is 15.0. The van der Waals surface area contributed by atoms with Crippen LogP contribution in [0.1, 0.15) is 21.6 Å². The van der Waals surface area contributed by atoms with E-state index in [9.17, 15) is 4.79 Å². The minimum Gasteiger partial charge on any atom is -0.454 e. The summed E-state index contributed by atoms with van der Waals surface area (Å²) in [5.74, 6) is 1.79. The molecule has 3 heterocycles. The lowest BCUT2D eigenvalue weighted by Gasteiger charge is -2.28. The molecule has 2 aliphatic rings. The number of fused-ring (bicyclic) bond motifs is 2. The van der Waals surface area contributed by atoms with Gasteiger partial charge in [0.05, 0.1) is 0 Å². The molecule has 6 heteroatoms. The Hall–Kier alpha value is -3.28. The fourth-order valence-corrected chi connectivity index (χ4v) is 3.39. The lowest BCUT2D eigenvalue weighted by Crippen LogP contribution is -2.36. The van der Waals surface area contributed by atoms with Crippen LogP contribution in [0, 0.1) is 0 Å².